The van der Waals surface area contributed by atoms with Gasteiger partial charge in [0.15, 0.2) is 11.6 Å². The standard InChI is InChI=1S/C18H18F2N2O4S/c1-12(2)21-9-10-22(18(21)23)13-3-6-15(7-4-13)27(24,25)26-14-5-8-16(19)17(20)11-14/h3-8,11-12H,9-10H2,1-2H3. The fraction of sp³-hybridized carbons (Fsp3) is 0.278. The Hall–Kier alpha value is -2.68. The molecule has 1 fully saturated rings. The van der Waals surface area contributed by atoms with E-state index in [1.807, 2.05) is 13.8 Å². The zero-order valence-electron chi connectivity index (χ0n) is 14.7. The summed E-state index contributed by atoms with van der Waals surface area (Å²) in [4.78, 5) is 15.5. The number of carbonyl (C=O) groups excluding carboxylic acids is 1. The van der Waals surface area contributed by atoms with Crippen molar-refractivity contribution in [1.82, 2.24) is 4.90 Å². The Kier molecular flexibility index (Phi) is 5.05. The molecule has 2 amide bonds. The highest BCUT2D eigenvalue weighted by Crippen LogP contribution is 2.25. The summed E-state index contributed by atoms with van der Waals surface area (Å²) >= 11 is 0. The van der Waals surface area contributed by atoms with Gasteiger partial charge >= 0.3 is 16.1 Å². The summed E-state index contributed by atoms with van der Waals surface area (Å²) in [5, 5.41) is 0. The summed E-state index contributed by atoms with van der Waals surface area (Å²) in [5.74, 6) is -2.64. The molecule has 0 radical (unpaired) electrons. The highest BCUT2D eigenvalue weighted by atomic mass is 32.2. The Morgan fingerprint density at radius 2 is 1.67 bits per heavy atom. The van der Waals surface area contributed by atoms with Crippen molar-refractivity contribution >= 4 is 21.8 Å². The fourth-order valence-corrected chi connectivity index (χ4v) is 3.69. The molecule has 144 valence electrons. The predicted molar refractivity (Wildman–Crippen MR) is 95.2 cm³/mol. The first-order valence-corrected chi connectivity index (χ1v) is 9.67. The van der Waals surface area contributed by atoms with Gasteiger partial charge in [0.1, 0.15) is 10.6 Å². The van der Waals surface area contributed by atoms with Gasteiger partial charge < -0.3 is 9.08 Å². The van der Waals surface area contributed by atoms with Crippen molar-refractivity contribution in [1.29, 1.82) is 0 Å². The summed E-state index contributed by atoms with van der Waals surface area (Å²) in [6, 6.07) is 8.00. The molecule has 27 heavy (non-hydrogen) atoms. The van der Waals surface area contributed by atoms with Crippen LogP contribution >= 0.6 is 0 Å². The minimum atomic E-state index is -4.22. The second-order valence-electron chi connectivity index (χ2n) is 6.33. The van der Waals surface area contributed by atoms with Gasteiger partial charge in [-0.1, -0.05) is 0 Å². The van der Waals surface area contributed by atoms with E-state index in [2.05, 4.69) is 0 Å². The minimum Gasteiger partial charge on any atom is -0.379 e. The van der Waals surface area contributed by atoms with Gasteiger partial charge in [0.25, 0.3) is 0 Å². The Morgan fingerprint density at radius 3 is 2.22 bits per heavy atom. The van der Waals surface area contributed by atoms with E-state index < -0.39 is 21.8 Å². The molecule has 3 rings (SSSR count). The van der Waals surface area contributed by atoms with Gasteiger partial charge in [0.05, 0.1) is 0 Å². The van der Waals surface area contributed by atoms with Crippen LogP contribution in [-0.4, -0.2) is 38.5 Å². The maximum atomic E-state index is 13.2. The van der Waals surface area contributed by atoms with Crippen LogP contribution in [0.2, 0.25) is 0 Å². The van der Waals surface area contributed by atoms with Crippen molar-refractivity contribution in [2.45, 2.75) is 24.8 Å². The van der Waals surface area contributed by atoms with Crippen molar-refractivity contribution in [2.75, 3.05) is 18.0 Å². The highest BCUT2D eigenvalue weighted by molar-refractivity contribution is 7.87. The molecule has 0 bridgehead atoms. The van der Waals surface area contributed by atoms with Gasteiger partial charge in [-0.25, -0.2) is 13.6 Å². The first-order valence-electron chi connectivity index (χ1n) is 8.27. The minimum absolute atomic E-state index is 0.0756. The SMILES string of the molecule is CC(C)N1CCN(c2ccc(S(=O)(=O)Oc3ccc(F)c(F)c3)cc2)C1=O. The number of halogens is 2. The number of rotatable bonds is 5. The van der Waals surface area contributed by atoms with Crippen LogP contribution in [0, 0.1) is 11.6 Å². The average Bonchev–Trinajstić information content (AvgIpc) is 3.00. The van der Waals surface area contributed by atoms with Gasteiger partial charge in [0, 0.05) is 30.9 Å². The summed E-state index contributed by atoms with van der Waals surface area (Å²) in [5.41, 5.74) is 0.565. The van der Waals surface area contributed by atoms with Crippen LogP contribution in [0.4, 0.5) is 19.3 Å². The molecule has 0 spiro atoms. The van der Waals surface area contributed by atoms with Crippen LogP contribution in [0.1, 0.15) is 13.8 Å². The lowest BCUT2D eigenvalue weighted by molar-refractivity contribution is 0.209. The van der Waals surface area contributed by atoms with Crippen molar-refractivity contribution < 1.29 is 26.2 Å². The Balaban J connectivity index is 1.78. The zero-order valence-corrected chi connectivity index (χ0v) is 15.5. The number of carbonyl (C=O) groups is 1. The van der Waals surface area contributed by atoms with Gasteiger partial charge in [-0.15, -0.1) is 0 Å². The summed E-state index contributed by atoms with van der Waals surface area (Å²) in [6.45, 7) is 4.95. The van der Waals surface area contributed by atoms with E-state index in [0.29, 0.717) is 24.8 Å². The average molecular weight is 396 g/mol. The predicted octanol–water partition coefficient (Wildman–Crippen LogP) is 3.38. The third kappa shape index (κ3) is 3.87. The van der Waals surface area contributed by atoms with E-state index in [4.69, 9.17) is 4.18 Å². The van der Waals surface area contributed by atoms with E-state index in [1.54, 1.807) is 9.80 Å². The van der Waals surface area contributed by atoms with Crippen molar-refractivity contribution in [3.63, 3.8) is 0 Å². The first kappa shape index (κ1) is 19.1. The normalized spacial score (nSPS) is 14.9. The van der Waals surface area contributed by atoms with E-state index in [1.165, 1.54) is 24.3 Å². The molecule has 0 aromatic heterocycles. The van der Waals surface area contributed by atoms with Gasteiger partial charge in [-0.05, 0) is 50.2 Å². The Morgan fingerprint density at radius 1 is 1.00 bits per heavy atom. The summed E-state index contributed by atoms with van der Waals surface area (Å²) in [7, 11) is -4.22. The quantitative estimate of drug-likeness (QED) is 0.727. The number of hydrogen-bond donors (Lipinski definition) is 0. The largest absolute Gasteiger partial charge is 0.379 e. The molecule has 0 N–H and O–H groups in total. The number of anilines is 1. The summed E-state index contributed by atoms with van der Waals surface area (Å²) < 4.78 is 55.6. The van der Waals surface area contributed by atoms with Crippen LogP contribution in [0.3, 0.4) is 0 Å². The van der Waals surface area contributed by atoms with E-state index in [9.17, 15) is 22.0 Å². The van der Waals surface area contributed by atoms with Gasteiger partial charge in [-0.2, -0.15) is 8.42 Å². The molecule has 0 aliphatic carbocycles. The monoisotopic (exact) mass is 396 g/mol. The molecule has 2 aromatic rings. The highest BCUT2D eigenvalue weighted by Gasteiger charge is 2.31. The van der Waals surface area contributed by atoms with Crippen LogP contribution in [-0.2, 0) is 10.1 Å². The lowest BCUT2D eigenvalue weighted by Crippen LogP contribution is -2.36. The van der Waals surface area contributed by atoms with Gasteiger partial charge in [0.2, 0.25) is 0 Å². The molecule has 9 heteroatoms. The van der Waals surface area contributed by atoms with Crippen LogP contribution in [0.15, 0.2) is 47.4 Å². The molecule has 0 unspecified atom stereocenters. The zero-order chi connectivity index (χ0) is 19.8. The first-order chi connectivity index (χ1) is 12.7. The van der Waals surface area contributed by atoms with E-state index in [-0.39, 0.29) is 22.7 Å². The number of nitrogens with zero attached hydrogens (tertiary/aromatic N) is 2. The number of amides is 2. The molecule has 1 aliphatic heterocycles. The molecular weight excluding hydrogens is 378 g/mol. The van der Waals surface area contributed by atoms with Crippen LogP contribution in [0.5, 0.6) is 5.75 Å². The molecular formula is C18H18F2N2O4S. The maximum Gasteiger partial charge on any atom is 0.339 e. The van der Waals surface area contributed by atoms with Crippen LogP contribution < -0.4 is 9.08 Å². The molecule has 0 saturated carbocycles. The molecule has 1 aliphatic rings. The van der Waals surface area contributed by atoms with Gasteiger partial charge in [-0.3, -0.25) is 4.90 Å². The fourth-order valence-electron chi connectivity index (χ4n) is 2.77. The number of hydrogen-bond acceptors (Lipinski definition) is 4. The lowest BCUT2D eigenvalue weighted by Gasteiger charge is -2.21. The number of benzene rings is 2. The molecule has 1 saturated heterocycles. The van der Waals surface area contributed by atoms with Crippen molar-refractivity contribution in [3.05, 3.63) is 54.1 Å². The molecule has 2 aromatic carbocycles. The number of urea groups is 1. The Labute approximate surface area is 156 Å². The second kappa shape index (κ2) is 7.15. The molecule has 6 nitrogen and oxygen atoms in total. The van der Waals surface area contributed by atoms with Crippen molar-refractivity contribution in [2.24, 2.45) is 0 Å². The van der Waals surface area contributed by atoms with E-state index in [0.717, 1.165) is 12.1 Å². The third-order valence-electron chi connectivity index (χ3n) is 4.20. The van der Waals surface area contributed by atoms with Crippen molar-refractivity contribution in [3.8, 4) is 5.75 Å². The molecule has 0 atom stereocenters. The third-order valence-corrected chi connectivity index (χ3v) is 5.46. The smallest absolute Gasteiger partial charge is 0.339 e. The molecule has 1 heterocycles. The second-order valence-corrected chi connectivity index (χ2v) is 7.87. The Bertz CT molecular complexity index is 962. The summed E-state index contributed by atoms with van der Waals surface area (Å²) in [6.07, 6.45) is 0. The maximum absolute atomic E-state index is 13.2. The lowest BCUT2D eigenvalue weighted by atomic mass is 10.3. The van der Waals surface area contributed by atoms with Crippen LogP contribution in [0.25, 0.3) is 0 Å². The topological polar surface area (TPSA) is 66.9 Å². The van der Waals surface area contributed by atoms with E-state index >= 15 is 0 Å².